The Morgan fingerprint density at radius 2 is 1.67 bits per heavy atom. The summed E-state index contributed by atoms with van der Waals surface area (Å²) in [5, 5.41) is 9.75. The highest BCUT2D eigenvalue weighted by Gasteiger charge is 2.22. The van der Waals surface area contributed by atoms with Crippen molar-refractivity contribution in [1.29, 1.82) is 0 Å². The number of anilines is 2. The van der Waals surface area contributed by atoms with Crippen LogP contribution in [0, 0.1) is 24.6 Å². The van der Waals surface area contributed by atoms with Crippen LogP contribution in [0.5, 0.6) is 0 Å². The molecule has 6 nitrogen and oxygen atoms in total. The summed E-state index contributed by atoms with van der Waals surface area (Å²) in [6, 6.07) is 7.95. The first-order chi connectivity index (χ1) is 13.9. The Balaban J connectivity index is 2.45. The SMILES string of the molecule is Cc1ccc(F)cc1S(=O)(=O)Nc1ccc(N(CC(C)C)CC(C)C)c(C(=O)O)c1. The number of aryl methyl sites for hydroxylation is 1. The van der Waals surface area contributed by atoms with E-state index < -0.39 is 21.8 Å². The van der Waals surface area contributed by atoms with Gasteiger partial charge in [0.15, 0.2) is 0 Å². The number of benzene rings is 2. The van der Waals surface area contributed by atoms with Crippen LogP contribution in [0.2, 0.25) is 0 Å². The molecule has 0 aromatic heterocycles. The second-order valence-corrected chi connectivity index (χ2v) is 9.90. The summed E-state index contributed by atoms with van der Waals surface area (Å²) < 4.78 is 41.4. The molecule has 0 bridgehead atoms. The van der Waals surface area contributed by atoms with E-state index in [1.54, 1.807) is 13.0 Å². The van der Waals surface area contributed by atoms with Gasteiger partial charge in [0.05, 0.1) is 16.1 Å². The molecule has 2 N–H and O–H groups in total. The molecule has 2 aromatic rings. The van der Waals surface area contributed by atoms with E-state index in [1.165, 1.54) is 24.3 Å². The van der Waals surface area contributed by atoms with E-state index in [4.69, 9.17) is 0 Å². The van der Waals surface area contributed by atoms with Gasteiger partial charge >= 0.3 is 5.97 Å². The van der Waals surface area contributed by atoms with Gasteiger partial charge in [0.1, 0.15) is 5.82 Å². The van der Waals surface area contributed by atoms with E-state index >= 15 is 0 Å². The summed E-state index contributed by atoms with van der Waals surface area (Å²) in [5.41, 5.74) is 1.04. The molecule has 0 amide bonds. The van der Waals surface area contributed by atoms with E-state index in [9.17, 15) is 22.7 Å². The molecule has 0 saturated carbocycles. The number of nitrogens with one attached hydrogen (secondary N) is 1. The minimum atomic E-state index is -4.08. The van der Waals surface area contributed by atoms with E-state index in [0.717, 1.165) is 6.07 Å². The molecule has 0 heterocycles. The molecule has 0 unspecified atom stereocenters. The van der Waals surface area contributed by atoms with Crippen molar-refractivity contribution in [2.24, 2.45) is 11.8 Å². The fourth-order valence-corrected chi connectivity index (χ4v) is 4.58. The van der Waals surface area contributed by atoms with Crippen LogP contribution in [-0.4, -0.2) is 32.6 Å². The van der Waals surface area contributed by atoms with Crippen LogP contribution in [0.4, 0.5) is 15.8 Å². The lowest BCUT2D eigenvalue weighted by Gasteiger charge is -2.30. The lowest BCUT2D eigenvalue weighted by molar-refractivity contribution is 0.0697. The quantitative estimate of drug-likeness (QED) is 0.592. The third kappa shape index (κ3) is 5.95. The molecule has 0 aliphatic heterocycles. The fourth-order valence-electron chi connectivity index (χ4n) is 3.27. The summed E-state index contributed by atoms with van der Waals surface area (Å²) in [4.78, 5) is 13.7. The zero-order valence-electron chi connectivity index (χ0n) is 17.9. The highest BCUT2D eigenvalue weighted by atomic mass is 32.2. The second-order valence-electron chi connectivity index (χ2n) is 8.25. The van der Waals surface area contributed by atoms with Crippen LogP contribution in [-0.2, 0) is 10.0 Å². The van der Waals surface area contributed by atoms with Gasteiger partial charge in [0, 0.05) is 18.8 Å². The summed E-state index contributed by atoms with van der Waals surface area (Å²) in [6.07, 6.45) is 0. The molecule has 0 aliphatic carbocycles. The topological polar surface area (TPSA) is 86.7 Å². The molecule has 164 valence electrons. The number of aromatic carboxylic acids is 1. The zero-order chi connectivity index (χ0) is 22.6. The van der Waals surface area contributed by atoms with Crippen LogP contribution in [0.25, 0.3) is 0 Å². The Bertz CT molecular complexity index is 1010. The average molecular weight is 437 g/mol. The van der Waals surface area contributed by atoms with Crippen molar-refractivity contribution in [2.75, 3.05) is 22.7 Å². The number of halogens is 1. The van der Waals surface area contributed by atoms with Gasteiger partial charge in [-0.25, -0.2) is 17.6 Å². The number of hydrogen-bond acceptors (Lipinski definition) is 4. The molecule has 8 heteroatoms. The van der Waals surface area contributed by atoms with Crippen LogP contribution in [0.1, 0.15) is 43.6 Å². The van der Waals surface area contributed by atoms with E-state index in [1.807, 2.05) is 4.90 Å². The molecule has 2 rings (SSSR count). The van der Waals surface area contributed by atoms with Gasteiger partial charge in [0.2, 0.25) is 0 Å². The normalized spacial score (nSPS) is 11.7. The van der Waals surface area contributed by atoms with Crippen molar-refractivity contribution in [1.82, 2.24) is 0 Å². The number of hydrogen-bond donors (Lipinski definition) is 2. The largest absolute Gasteiger partial charge is 0.478 e. The second kappa shape index (κ2) is 9.47. The van der Waals surface area contributed by atoms with Gasteiger partial charge in [-0.1, -0.05) is 33.8 Å². The Morgan fingerprint density at radius 1 is 1.07 bits per heavy atom. The van der Waals surface area contributed by atoms with Crippen LogP contribution in [0.3, 0.4) is 0 Å². The van der Waals surface area contributed by atoms with Gasteiger partial charge in [-0.15, -0.1) is 0 Å². The Hall–Kier alpha value is -2.61. The summed E-state index contributed by atoms with van der Waals surface area (Å²) in [5.74, 6) is -1.18. The molecular formula is C22H29FN2O4S. The number of carbonyl (C=O) groups is 1. The van der Waals surface area contributed by atoms with E-state index in [-0.39, 0.29) is 16.1 Å². The third-order valence-electron chi connectivity index (χ3n) is 4.43. The van der Waals surface area contributed by atoms with Crippen molar-refractivity contribution >= 4 is 27.4 Å². The predicted molar refractivity (Wildman–Crippen MR) is 117 cm³/mol. The summed E-state index contributed by atoms with van der Waals surface area (Å²) >= 11 is 0. The Labute approximate surface area is 177 Å². The average Bonchev–Trinajstić information content (AvgIpc) is 2.62. The third-order valence-corrected chi connectivity index (χ3v) is 5.95. The molecule has 0 spiro atoms. The minimum absolute atomic E-state index is 0.00691. The standard InChI is InChI=1S/C22H29FN2O4S/c1-14(2)12-25(13-15(3)4)20-9-8-18(11-19(20)22(26)27)24-30(28,29)21-10-17(23)7-6-16(21)5/h6-11,14-15,24H,12-13H2,1-5H3,(H,26,27). The fraction of sp³-hybridized carbons (Fsp3) is 0.409. The van der Waals surface area contributed by atoms with Crippen molar-refractivity contribution in [3.05, 3.63) is 53.3 Å². The van der Waals surface area contributed by atoms with E-state index in [2.05, 4.69) is 32.4 Å². The number of nitrogens with zero attached hydrogens (tertiary/aromatic N) is 1. The van der Waals surface area contributed by atoms with Gasteiger partial charge in [-0.05, 0) is 54.7 Å². The zero-order valence-corrected chi connectivity index (χ0v) is 18.8. The molecule has 0 aliphatic rings. The molecule has 0 fully saturated rings. The summed E-state index contributed by atoms with van der Waals surface area (Å²) in [7, 11) is -4.08. The first kappa shape index (κ1) is 23.7. The maximum Gasteiger partial charge on any atom is 0.337 e. The number of rotatable bonds is 9. The molecular weight excluding hydrogens is 407 g/mol. The van der Waals surface area contributed by atoms with E-state index in [0.29, 0.717) is 36.2 Å². The van der Waals surface area contributed by atoms with Crippen LogP contribution >= 0.6 is 0 Å². The van der Waals surface area contributed by atoms with Crippen LogP contribution in [0.15, 0.2) is 41.3 Å². The molecule has 0 saturated heterocycles. The molecule has 0 radical (unpaired) electrons. The highest BCUT2D eigenvalue weighted by Crippen LogP contribution is 2.28. The number of carboxylic acids is 1. The van der Waals surface area contributed by atoms with Crippen molar-refractivity contribution in [3.63, 3.8) is 0 Å². The minimum Gasteiger partial charge on any atom is -0.478 e. The van der Waals surface area contributed by atoms with Crippen LogP contribution < -0.4 is 9.62 Å². The number of carboxylic acid groups (broad SMARTS) is 1. The Morgan fingerprint density at radius 3 is 2.20 bits per heavy atom. The summed E-state index contributed by atoms with van der Waals surface area (Å²) in [6.45, 7) is 11.1. The van der Waals surface area contributed by atoms with Crippen molar-refractivity contribution in [3.8, 4) is 0 Å². The van der Waals surface area contributed by atoms with Crippen molar-refractivity contribution in [2.45, 2.75) is 39.5 Å². The first-order valence-corrected chi connectivity index (χ1v) is 11.3. The first-order valence-electron chi connectivity index (χ1n) is 9.82. The lowest BCUT2D eigenvalue weighted by atomic mass is 10.1. The van der Waals surface area contributed by atoms with Gasteiger partial charge in [-0.3, -0.25) is 4.72 Å². The molecule has 30 heavy (non-hydrogen) atoms. The maximum absolute atomic E-state index is 13.6. The maximum atomic E-state index is 13.6. The smallest absolute Gasteiger partial charge is 0.337 e. The number of sulfonamides is 1. The Kier molecular flexibility index (Phi) is 7.47. The monoisotopic (exact) mass is 436 g/mol. The molecule has 0 atom stereocenters. The van der Waals surface area contributed by atoms with Gasteiger partial charge < -0.3 is 10.0 Å². The highest BCUT2D eigenvalue weighted by molar-refractivity contribution is 7.92. The van der Waals surface area contributed by atoms with Crippen molar-refractivity contribution < 1.29 is 22.7 Å². The predicted octanol–water partition coefficient (Wildman–Crippen LogP) is 4.75. The molecule has 2 aromatic carbocycles. The van der Waals surface area contributed by atoms with Gasteiger partial charge in [-0.2, -0.15) is 0 Å². The lowest BCUT2D eigenvalue weighted by Crippen LogP contribution is -2.32. The van der Waals surface area contributed by atoms with Gasteiger partial charge in [0.25, 0.3) is 10.0 Å².